The molecule has 0 radical (unpaired) electrons. The molecule has 0 aromatic carbocycles. The van der Waals surface area contributed by atoms with Gasteiger partial charge in [-0.1, -0.05) is 0 Å². The highest BCUT2D eigenvalue weighted by atomic mass is 16.4. The molecular weight excluding hydrogens is 180 g/mol. The Hall–Kier alpha value is -1.55. The number of nitrogens with zero attached hydrogens (tertiary/aromatic N) is 2. The summed E-state index contributed by atoms with van der Waals surface area (Å²) in [6.45, 7) is 1.90. The zero-order valence-corrected chi connectivity index (χ0v) is 8.19. The van der Waals surface area contributed by atoms with Gasteiger partial charge in [-0.3, -0.25) is 4.68 Å². The normalized spacial score (nSPS) is 10.8. The second-order valence-electron chi connectivity index (χ2n) is 3.22. The first kappa shape index (κ1) is 9.02. The van der Waals surface area contributed by atoms with Gasteiger partial charge in [0.2, 0.25) is 0 Å². The Bertz CT molecular complexity index is 423. The summed E-state index contributed by atoms with van der Waals surface area (Å²) < 4.78 is 7.19. The Morgan fingerprint density at radius 2 is 2.29 bits per heavy atom. The van der Waals surface area contributed by atoms with E-state index in [9.17, 15) is 0 Å². The van der Waals surface area contributed by atoms with Gasteiger partial charge in [-0.05, 0) is 24.6 Å². The molecule has 0 atom stereocenters. The largest absolute Gasteiger partial charge is 0.457 e. The van der Waals surface area contributed by atoms with Crippen molar-refractivity contribution in [2.24, 2.45) is 7.05 Å². The summed E-state index contributed by atoms with van der Waals surface area (Å²) in [7, 11) is 1.86. The second kappa shape index (κ2) is 3.31. The van der Waals surface area contributed by atoms with Crippen molar-refractivity contribution in [3.63, 3.8) is 0 Å². The molecule has 0 saturated carbocycles. The number of furan rings is 1. The first-order valence-corrected chi connectivity index (χ1v) is 4.41. The van der Waals surface area contributed by atoms with Crippen LogP contribution in [-0.2, 0) is 13.7 Å². The summed E-state index contributed by atoms with van der Waals surface area (Å²) in [5.74, 6) is 1.31. The lowest BCUT2D eigenvalue weighted by atomic mass is 10.2. The molecule has 14 heavy (non-hydrogen) atoms. The molecule has 1 N–H and O–H groups in total. The number of hydrogen-bond donors (Lipinski definition) is 1. The predicted molar refractivity (Wildman–Crippen MR) is 51.6 cm³/mol. The highest BCUT2D eigenvalue weighted by Gasteiger charge is 2.11. The summed E-state index contributed by atoms with van der Waals surface area (Å²) in [6, 6.07) is 3.61. The van der Waals surface area contributed by atoms with Crippen LogP contribution in [0.1, 0.15) is 11.3 Å². The Morgan fingerprint density at radius 1 is 1.50 bits per heavy atom. The fraction of sp³-hybridized carbons (Fsp3) is 0.300. The zero-order valence-electron chi connectivity index (χ0n) is 8.19. The smallest absolute Gasteiger partial charge is 0.152 e. The highest BCUT2D eigenvalue weighted by Crippen LogP contribution is 2.24. The van der Waals surface area contributed by atoms with E-state index in [1.54, 1.807) is 16.9 Å². The molecule has 0 bridgehead atoms. The van der Waals surface area contributed by atoms with Crippen LogP contribution < -0.4 is 0 Å². The number of aliphatic hydroxyl groups excluding tert-OH is 1. The van der Waals surface area contributed by atoms with Crippen LogP contribution in [0.4, 0.5) is 0 Å². The van der Waals surface area contributed by atoms with Crippen molar-refractivity contribution >= 4 is 0 Å². The van der Waals surface area contributed by atoms with E-state index < -0.39 is 0 Å². The van der Waals surface area contributed by atoms with Gasteiger partial charge in [0.05, 0.1) is 6.20 Å². The average molecular weight is 192 g/mol. The standard InChI is InChI=1S/C10H12N2O2/c1-7-5-11-12(2)10(7)9-4-3-8(6-13)14-9/h3-5,13H,6H2,1-2H3. The predicted octanol–water partition coefficient (Wildman–Crippen LogP) is 1.48. The molecule has 0 fully saturated rings. The van der Waals surface area contributed by atoms with E-state index >= 15 is 0 Å². The van der Waals surface area contributed by atoms with E-state index in [1.807, 2.05) is 20.0 Å². The third-order valence-electron chi connectivity index (χ3n) is 2.17. The molecule has 0 saturated heterocycles. The molecule has 2 rings (SSSR count). The number of aromatic nitrogens is 2. The van der Waals surface area contributed by atoms with Gasteiger partial charge in [0, 0.05) is 7.05 Å². The van der Waals surface area contributed by atoms with Crippen molar-refractivity contribution in [3.05, 3.63) is 29.7 Å². The molecule has 4 heteroatoms. The summed E-state index contributed by atoms with van der Waals surface area (Å²) in [4.78, 5) is 0. The second-order valence-corrected chi connectivity index (χ2v) is 3.22. The number of rotatable bonds is 2. The Morgan fingerprint density at radius 3 is 2.79 bits per heavy atom. The monoisotopic (exact) mass is 192 g/mol. The van der Waals surface area contributed by atoms with Crippen molar-refractivity contribution < 1.29 is 9.52 Å². The zero-order chi connectivity index (χ0) is 10.1. The lowest BCUT2D eigenvalue weighted by Crippen LogP contribution is -1.93. The third-order valence-corrected chi connectivity index (χ3v) is 2.17. The topological polar surface area (TPSA) is 51.2 Å². The van der Waals surface area contributed by atoms with Crippen LogP contribution in [0.2, 0.25) is 0 Å². The maximum atomic E-state index is 8.87. The Labute approximate surface area is 81.8 Å². The average Bonchev–Trinajstić information content (AvgIpc) is 2.73. The molecule has 0 spiro atoms. The minimum Gasteiger partial charge on any atom is -0.457 e. The molecule has 2 aromatic heterocycles. The Kier molecular flexibility index (Phi) is 2.13. The van der Waals surface area contributed by atoms with Crippen LogP contribution in [0.5, 0.6) is 0 Å². The van der Waals surface area contributed by atoms with Crippen LogP contribution in [0.3, 0.4) is 0 Å². The molecule has 0 aliphatic heterocycles. The molecule has 2 heterocycles. The summed E-state index contributed by atoms with van der Waals surface area (Å²) >= 11 is 0. The van der Waals surface area contributed by atoms with E-state index in [-0.39, 0.29) is 6.61 Å². The molecular formula is C10H12N2O2. The quantitative estimate of drug-likeness (QED) is 0.784. The fourth-order valence-electron chi connectivity index (χ4n) is 1.49. The molecule has 0 aliphatic rings. The van der Waals surface area contributed by atoms with E-state index in [1.165, 1.54) is 0 Å². The van der Waals surface area contributed by atoms with Gasteiger partial charge in [-0.15, -0.1) is 0 Å². The first-order chi connectivity index (χ1) is 6.72. The molecule has 0 amide bonds. The third kappa shape index (κ3) is 1.33. The fourth-order valence-corrected chi connectivity index (χ4v) is 1.49. The minimum absolute atomic E-state index is 0.0725. The minimum atomic E-state index is -0.0725. The first-order valence-electron chi connectivity index (χ1n) is 4.41. The maximum absolute atomic E-state index is 8.87. The SMILES string of the molecule is Cc1cnn(C)c1-c1ccc(CO)o1. The van der Waals surface area contributed by atoms with Crippen molar-refractivity contribution in [2.45, 2.75) is 13.5 Å². The van der Waals surface area contributed by atoms with Crippen LogP contribution in [-0.4, -0.2) is 14.9 Å². The van der Waals surface area contributed by atoms with Crippen molar-refractivity contribution in [1.29, 1.82) is 0 Å². The van der Waals surface area contributed by atoms with E-state index in [0.717, 1.165) is 17.0 Å². The molecule has 2 aromatic rings. The van der Waals surface area contributed by atoms with Gasteiger partial charge < -0.3 is 9.52 Å². The molecule has 0 unspecified atom stereocenters. The van der Waals surface area contributed by atoms with Crippen LogP contribution in [0.15, 0.2) is 22.7 Å². The van der Waals surface area contributed by atoms with E-state index in [2.05, 4.69) is 5.10 Å². The van der Waals surface area contributed by atoms with Gasteiger partial charge in [-0.25, -0.2) is 0 Å². The van der Waals surface area contributed by atoms with Gasteiger partial charge >= 0.3 is 0 Å². The molecule has 74 valence electrons. The van der Waals surface area contributed by atoms with Crippen LogP contribution >= 0.6 is 0 Å². The summed E-state index contributed by atoms with van der Waals surface area (Å²) in [5, 5.41) is 13.0. The van der Waals surface area contributed by atoms with Gasteiger partial charge in [-0.2, -0.15) is 5.10 Å². The lowest BCUT2D eigenvalue weighted by Gasteiger charge is -1.99. The van der Waals surface area contributed by atoms with Gasteiger partial charge in [0.25, 0.3) is 0 Å². The number of hydrogen-bond acceptors (Lipinski definition) is 3. The molecule has 4 nitrogen and oxygen atoms in total. The highest BCUT2D eigenvalue weighted by molar-refractivity contribution is 5.56. The number of aliphatic hydroxyl groups is 1. The lowest BCUT2D eigenvalue weighted by molar-refractivity contribution is 0.248. The number of aryl methyl sites for hydroxylation is 2. The van der Waals surface area contributed by atoms with Crippen molar-refractivity contribution in [3.8, 4) is 11.5 Å². The van der Waals surface area contributed by atoms with E-state index in [0.29, 0.717) is 5.76 Å². The van der Waals surface area contributed by atoms with Crippen LogP contribution in [0, 0.1) is 6.92 Å². The van der Waals surface area contributed by atoms with Gasteiger partial charge in [0.1, 0.15) is 18.1 Å². The van der Waals surface area contributed by atoms with Crippen molar-refractivity contribution in [1.82, 2.24) is 9.78 Å². The van der Waals surface area contributed by atoms with Crippen LogP contribution in [0.25, 0.3) is 11.5 Å². The summed E-state index contributed by atoms with van der Waals surface area (Å²) in [5.41, 5.74) is 2.01. The van der Waals surface area contributed by atoms with Gasteiger partial charge in [0.15, 0.2) is 5.76 Å². The maximum Gasteiger partial charge on any atom is 0.152 e. The molecule has 0 aliphatic carbocycles. The van der Waals surface area contributed by atoms with Crippen molar-refractivity contribution in [2.75, 3.05) is 0 Å². The summed E-state index contributed by atoms with van der Waals surface area (Å²) in [6.07, 6.45) is 1.79. The Balaban J connectivity index is 2.48. The van der Waals surface area contributed by atoms with E-state index in [4.69, 9.17) is 9.52 Å².